The van der Waals surface area contributed by atoms with Gasteiger partial charge in [0.15, 0.2) is 5.75 Å². The van der Waals surface area contributed by atoms with Crippen LogP contribution in [0.2, 0.25) is 0 Å². The van der Waals surface area contributed by atoms with Gasteiger partial charge >= 0.3 is 5.69 Å². The lowest BCUT2D eigenvalue weighted by Gasteiger charge is -2.11. The fourth-order valence-electron chi connectivity index (χ4n) is 2.24. The molecule has 0 radical (unpaired) electrons. The molecular weight excluding hydrogens is 310 g/mol. The van der Waals surface area contributed by atoms with Crippen molar-refractivity contribution in [2.45, 2.75) is 25.3 Å². The lowest BCUT2D eigenvalue weighted by atomic mass is 10.2. The van der Waals surface area contributed by atoms with Crippen molar-refractivity contribution in [3.8, 4) is 5.75 Å². The summed E-state index contributed by atoms with van der Waals surface area (Å²) < 4.78 is 5.32. The zero-order valence-corrected chi connectivity index (χ0v) is 12.9. The summed E-state index contributed by atoms with van der Waals surface area (Å²) in [6.45, 7) is 1.74. The van der Waals surface area contributed by atoms with Gasteiger partial charge in [0, 0.05) is 18.7 Å². The van der Waals surface area contributed by atoms with Crippen molar-refractivity contribution in [1.82, 2.24) is 10.6 Å². The molecular formula is C14H20ClN3O4. The first-order chi connectivity index (χ1) is 10.2. The molecule has 1 saturated heterocycles. The number of carbonyl (C=O) groups is 1. The Hall–Kier alpha value is -1.86. The zero-order chi connectivity index (χ0) is 15.1. The van der Waals surface area contributed by atoms with Crippen molar-refractivity contribution in [2.24, 2.45) is 0 Å². The molecule has 1 aliphatic rings. The Morgan fingerprint density at radius 2 is 2.23 bits per heavy atom. The summed E-state index contributed by atoms with van der Waals surface area (Å²) in [5, 5.41) is 16.9. The Morgan fingerprint density at radius 1 is 1.45 bits per heavy atom. The van der Waals surface area contributed by atoms with Crippen LogP contribution in [0.15, 0.2) is 24.3 Å². The van der Waals surface area contributed by atoms with Gasteiger partial charge in [-0.3, -0.25) is 14.9 Å². The lowest BCUT2D eigenvalue weighted by molar-refractivity contribution is -0.385. The largest absolute Gasteiger partial charge is 0.486 e. The van der Waals surface area contributed by atoms with E-state index in [-0.39, 0.29) is 42.8 Å². The predicted octanol–water partition coefficient (Wildman–Crippen LogP) is 1.65. The minimum atomic E-state index is -0.499. The summed E-state index contributed by atoms with van der Waals surface area (Å²) in [5.41, 5.74) is -0.0898. The van der Waals surface area contributed by atoms with E-state index in [1.54, 1.807) is 12.1 Å². The van der Waals surface area contributed by atoms with Crippen LogP contribution in [0, 0.1) is 10.1 Å². The third-order valence-electron chi connectivity index (χ3n) is 3.36. The molecule has 1 heterocycles. The Kier molecular flexibility index (Phi) is 7.62. The van der Waals surface area contributed by atoms with Gasteiger partial charge in [-0.05, 0) is 25.5 Å². The van der Waals surface area contributed by atoms with E-state index in [1.807, 2.05) is 0 Å². The molecule has 0 bridgehead atoms. The normalized spacial score (nSPS) is 16.6. The highest BCUT2D eigenvalue weighted by molar-refractivity contribution is 5.85. The highest BCUT2D eigenvalue weighted by Gasteiger charge is 2.16. The second kappa shape index (κ2) is 9.22. The van der Waals surface area contributed by atoms with E-state index in [4.69, 9.17) is 4.74 Å². The van der Waals surface area contributed by atoms with Crippen molar-refractivity contribution in [2.75, 3.05) is 19.7 Å². The van der Waals surface area contributed by atoms with E-state index in [0.717, 1.165) is 19.4 Å². The SMILES string of the molecule is Cl.O=C(CCOc1ccccc1[N+](=O)[O-])NCC1CCCN1. The van der Waals surface area contributed by atoms with Gasteiger partial charge in [0.2, 0.25) is 5.91 Å². The highest BCUT2D eigenvalue weighted by Crippen LogP contribution is 2.25. The number of nitro benzene ring substituents is 1. The van der Waals surface area contributed by atoms with E-state index in [2.05, 4.69) is 10.6 Å². The maximum absolute atomic E-state index is 11.7. The molecule has 1 atom stereocenters. The molecule has 0 saturated carbocycles. The minimum absolute atomic E-state index is 0. The van der Waals surface area contributed by atoms with Gasteiger partial charge in [0.05, 0.1) is 18.0 Å². The molecule has 0 aromatic heterocycles. The van der Waals surface area contributed by atoms with Gasteiger partial charge in [-0.25, -0.2) is 0 Å². The second-order valence-corrected chi connectivity index (χ2v) is 4.92. The first kappa shape index (κ1) is 18.2. The molecule has 7 nitrogen and oxygen atoms in total. The van der Waals surface area contributed by atoms with E-state index >= 15 is 0 Å². The molecule has 122 valence electrons. The lowest BCUT2D eigenvalue weighted by Crippen LogP contribution is -2.37. The summed E-state index contributed by atoms with van der Waals surface area (Å²) in [7, 11) is 0. The van der Waals surface area contributed by atoms with E-state index in [1.165, 1.54) is 12.1 Å². The van der Waals surface area contributed by atoms with Crippen molar-refractivity contribution >= 4 is 24.0 Å². The monoisotopic (exact) mass is 329 g/mol. The second-order valence-electron chi connectivity index (χ2n) is 4.92. The van der Waals surface area contributed by atoms with Crippen LogP contribution in [0.5, 0.6) is 5.75 Å². The fraction of sp³-hybridized carbons (Fsp3) is 0.500. The summed E-state index contributed by atoms with van der Waals surface area (Å²) in [4.78, 5) is 22.0. The van der Waals surface area contributed by atoms with Crippen molar-refractivity contribution < 1.29 is 14.5 Å². The standard InChI is InChI=1S/C14H19N3O4.ClH/c18-14(16-10-11-4-3-8-15-11)7-9-21-13-6-2-1-5-12(13)17(19)20;/h1-2,5-6,11,15H,3-4,7-10H2,(H,16,18);1H. The molecule has 2 N–H and O–H groups in total. The number of rotatable bonds is 7. The van der Waals surface area contributed by atoms with Crippen LogP contribution in [-0.2, 0) is 4.79 Å². The topological polar surface area (TPSA) is 93.5 Å². The minimum Gasteiger partial charge on any atom is -0.486 e. The fourth-order valence-corrected chi connectivity index (χ4v) is 2.24. The molecule has 1 amide bonds. The van der Waals surface area contributed by atoms with E-state index < -0.39 is 4.92 Å². The molecule has 1 aliphatic heterocycles. The molecule has 22 heavy (non-hydrogen) atoms. The van der Waals surface area contributed by atoms with Gasteiger partial charge in [-0.1, -0.05) is 12.1 Å². The van der Waals surface area contributed by atoms with Gasteiger partial charge < -0.3 is 15.4 Å². The number of hydrogen-bond donors (Lipinski definition) is 2. The van der Waals surface area contributed by atoms with Gasteiger partial charge in [0.1, 0.15) is 0 Å². The van der Waals surface area contributed by atoms with E-state index in [9.17, 15) is 14.9 Å². The average Bonchev–Trinajstić information content (AvgIpc) is 2.99. The molecule has 0 spiro atoms. The first-order valence-electron chi connectivity index (χ1n) is 7.03. The van der Waals surface area contributed by atoms with Crippen LogP contribution in [0.25, 0.3) is 0 Å². The van der Waals surface area contributed by atoms with Crippen molar-refractivity contribution in [1.29, 1.82) is 0 Å². The average molecular weight is 330 g/mol. The molecule has 1 aromatic carbocycles. The predicted molar refractivity (Wildman–Crippen MR) is 84.5 cm³/mol. The number of nitrogens with zero attached hydrogens (tertiary/aromatic N) is 1. The smallest absolute Gasteiger partial charge is 0.310 e. The molecule has 1 unspecified atom stereocenters. The van der Waals surface area contributed by atoms with Gasteiger partial charge in [0.25, 0.3) is 0 Å². The van der Waals surface area contributed by atoms with Crippen LogP contribution in [0.3, 0.4) is 0 Å². The maximum Gasteiger partial charge on any atom is 0.310 e. The molecule has 8 heteroatoms. The number of nitro groups is 1. The van der Waals surface area contributed by atoms with Crippen LogP contribution >= 0.6 is 12.4 Å². The molecule has 1 fully saturated rings. The van der Waals surface area contributed by atoms with E-state index in [0.29, 0.717) is 12.6 Å². The number of benzene rings is 1. The number of hydrogen-bond acceptors (Lipinski definition) is 5. The first-order valence-corrected chi connectivity index (χ1v) is 7.03. The molecule has 2 rings (SSSR count). The zero-order valence-electron chi connectivity index (χ0n) is 12.1. The molecule has 0 aliphatic carbocycles. The molecule has 1 aromatic rings. The van der Waals surface area contributed by atoms with Crippen LogP contribution < -0.4 is 15.4 Å². The van der Waals surface area contributed by atoms with Crippen molar-refractivity contribution in [3.63, 3.8) is 0 Å². The summed E-state index contributed by atoms with van der Waals surface area (Å²) in [6.07, 6.45) is 2.40. The summed E-state index contributed by atoms with van der Waals surface area (Å²) >= 11 is 0. The number of carbonyl (C=O) groups excluding carboxylic acids is 1. The van der Waals surface area contributed by atoms with Crippen molar-refractivity contribution in [3.05, 3.63) is 34.4 Å². The third-order valence-corrected chi connectivity index (χ3v) is 3.36. The summed E-state index contributed by atoms with van der Waals surface area (Å²) in [5.74, 6) is 0.0787. The summed E-state index contributed by atoms with van der Waals surface area (Å²) in [6, 6.07) is 6.49. The van der Waals surface area contributed by atoms with Crippen LogP contribution in [0.4, 0.5) is 5.69 Å². The van der Waals surface area contributed by atoms with Gasteiger partial charge in [-0.15, -0.1) is 12.4 Å². The number of amides is 1. The highest BCUT2D eigenvalue weighted by atomic mass is 35.5. The number of nitrogens with one attached hydrogen (secondary N) is 2. The van der Waals surface area contributed by atoms with Gasteiger partial charge in [-0.2, -0.15) is 0 Å². The third kappa shape index (κ3) is 5.50. The number of halogens is 1. The van der Waals surface area contributed by atoms with Crippen LogP contribution in [0.1, 0.15) is 19.3 Å². The number of ether oxygens (including phenoxy) is 1. The Bertz CT molecular complexity index is 507. The Labute approximate surface area is 135 Å². The Balaban J connectivity index is 0.00000242. The maximum atomic E-state index is 11.7. The van der Waals surface area contributed by atoms with Crippen LogP contribution in [-0.4, -0.2) is 36.6 Å². The Morgan fingerprint density at radius 3 is 2.91 bits per heavy atom. The number of para-hydroxylation sites is 2. The quantitative estimate of drug-likeness (QED) is 0.586.